The van der Waals surface area contributed by atoms with Gasteiger partial charge in [-0.1, -0.05) is 0 Å². The molecule has 1 N–H and O–H groups in total. The zero-order valence-corrected chi connectivity index (χ0v) is 12.3. The van der Waals surface area contributed by atoms with Crippen molar-refractivity contribution in [3.8, 4) is 0 Å². The van der Waals surface area contributed by atoms with E-state index >= 15 is 0 Å². The van der Waals surface area contributed by atoms with Crippen LogP contribution < -0.4 is 0 Å². The number of rotatable bonds is 6. The molecule has 7 heteroatoms. The number of hydrogen-bond donors (Lipinski definition) is 1. The van der Waals surface area contributed by atoms with Gasteiger partial charge in [-0.05, 0) is 38.3 Å². The first-order chi connectivity index (χ1) is 10.7. The first-order valence-corrected chi connectivity index (χ1v) is 7.56. The van der Waals surface area contributed by atoms with Gasteiger partial charge < -0.3 is 9.52 Å². The molecule has 0 aliphatic carbocycles. The topological polar surface area (TPSA) is 92.6 Å². The fraction of sp³-hybridized carbons (Fsp3) is 0.533. The van der Waals surface area contributed by atoms with E-state index in [0.29, 0.717) is 29.6 Å². The van der Waals surface area contributed by atoms with Crippen LogP contribution in [-0.2, 0) is 6.54 Å². The van der Waals surface area contributed by atoms with Crippen molar-refractivity contribution in [2.24, 2.45) is 0 Å². The lowest BCUT2D eigenvalue weighted by atomic mass is 10.1. The minimum atomic E-state index is -0.431. The van der Waals surface area contributed by atoms with Gasteiger partial charge in [0.05, 0.1) is 11.5 Å². The lowest BCUT2D eigenvalue weighted by Crippen LogP contribution is -2.29. The van der Waals surface area contributed by atoms with Crippen LogP contribution >= 0.6 is 0 Å². The van der Waals surface area contributed by atoms with Gasteiger partial charge >= 0.3 is 0 Å². The van der Waals surface area contributed by atoms with E-state index in [4.69, 9.17) is 9.52 Å². The van der Waals surface area contributed by atoms with E-state index in [1.165, 1.54) is 12.1 Å². The average molecular weight is 305 g/mol. The van der Waals surface area contributed by atoms with Crippen LogP contribution in [0.2, 0.25) is 0 Å². The van der Waals surface area contributed by atoms with Gasteiger partial charge in [-0.3, -0.25) is 15.0 Å². The van der Waals surface area contributed by atoms with E-state index in [9.17, 15) is 10.1 Å². The molecule has 0 bridgehead atoms. The number of hydrogen-bond acceptors (Lipinski definition) is 6. The fourth-order valence-corrected chi connectivity index (χ4v) is 3.08. The van der Waals surface area contributed by atoms with Crippen molar-refractivity contribution >= 4 is 16.8 Å². The molecule has 0 amide bonds. The fourth-order valence-electron chi connectivity index (χ4n) is 3.08. The molecular formula is C15H19N3O4. The molecule has 7 nitrogen and oxygen atoms in total. The van der Waals surface area contributed by atoms with E-state index in [-0.39, 0.29) is 12.3 Å². The van der Waals surface area contributed by atoms with Crippen molar-refractivity contribution in [2.75, 3.05) is 13.2 Å². The normalized spacial score (nSPS) is 19.0. The maximum absolute atomic E-state index is 10.8. The Balaban J connectivity index is 1.74. The lowest BCUT2D eigenvalue weighted by Gasteiger charge is -2.22. The number of fused-ring (bicyclic) bond motifs is 1. The summed E-state index contributed by atoms with van der Waals surface area (Å²) in [6, 6.07) is 4.92. The molecule has 1 saturated heterocycles. The number of non-ortho nitro benzene ring substituents is 1. The Morgan fingerprint density at radius 2 is 2.36 bits per heavy atom. The molecule has 2 heterocycles. The summed E-state index contributed by atoms with van der Waals surface area (Å²) in [6.45, 7) is 1.82. The molecule has 1 aliphatic rings. The molecule has 1 atom stereocenters. The minimum absolute atomic E-state index is 0.0225. The monoisotopic (exact) mass is 305 g/mol. The highest BCUT2D eigenvalue weighted by molar-refractivity contribution is 5.75. The first-order valence-electron chi connectivity index (χ1n) is 7.56. The molecule has 1 fully saturated rings. The first kappa shape index (κ1) is 14.9. The van der Waals surface area contributed by atoms with Gasteiger partial charge in [-0.2, -0.15) is 0 Å². The van der Waals surface area contributed by atoms with Crippen molar-refractivity contribution in [1.29, 1.82) is 0 Å². The van der Waals surface area contributed by atoms with Gasteiger partial charge in [0.25, 0.3) is 5.69 Å². The van der Waals surface area contributed by atoms with Gasteiger partial charge in [-0.25, -0.2) is 4.98 Å². The van der Waals surface area contributed by atoms with E-state index in [0.717, 1.165) is 32.2 Å². The van der Waals surface area contributed by atoms with Crippen LogP contribution in [0.5, 0.6) is 0 Å². The van der Waals surface area contributed by atoms with Crippen LogP contribution in [0.3, 0.4) is 0 Å². The number of aliphatic hydroxyl groups is 1. The molecule has 0 spiro atoms. The Kier molecular flexibility index (Phi) is 4.35. The number of aliphatic hydroxyl groups excluding tert-OH is 1. The van der Waals surface area contributed by atoms with Crippen LogP contribution in [0, 0.1) is 10.1 Å². The number of nitro groups is 1. The second-order valence-electron chi connectivity index (χ2n) is 5.65. The maximum atomic E-state index is 10.8. The summed E-state index contributed by atoms with van der Waals surface area (Å²) in [5, 5.41) is 19.8. The summed E-state index contributed by atoms with van der Waals surface area (Å²) in [7, 11) is 0. The molecule has 0 radical (unpaired) electrons. The summed E-state index contributed by atoms with van der Waals surface area (Å²) in [4.78, 5) is 17.0. The van der Waals surface area contributed by atoms with Crippen LogP contribution in [0.15, 0.2) is 22.6 Å². The zero-order valence-electron chi connectivity index (χ0n) is 12.3. The number of aromatic nitrogens is 1. The second-order valence-corrected chi connectivity index (χ2v) is 5.65. The smallest absolute Gasteiger partial charge is 0.271 e. The summed E-state index contributed by atoms with van der Waals surface area (Å²) in [5.41, 5.74) is 1.12. The van der Waals surface area contributed by atoms with E-state index < -0.39 is 4.92 Å². The van der Waals surface area contributed by atoms with Crippen LogP contribution in [0.4, 0.5) is 5.69 Å². The third-order valence-electron chi connectivity index (χ3n) is 4.16. The summed E-state index contributed by atoms with van der Waals surface area (Å²) >= 11 is 0. The Bertz CT molecular complexity index is 670. The third-order valence-corrected chi connectivity index (χ3v) is 4.16. The molecule has 0 saturated carbocycles. The molecule has 2 aromatic rings. The third kappa shape index (κ3) is 3.10. The van der Waals surface area contributed by atoms with E-state index in [2.05, 4.69) is 9.88 Å². The second kappa shape index (κ2) is 6.41. The zero-order chi connectivity index (χ0) is 15.5. The Hall–Kier alpha value is -1.99. The summed E-state index contributed by atoms with van der Waals surface area (Å²) in [6.07, 6.45) is 4.05. The highest BCUT2D eigenvalue weighted by Crippen LogP contribution is 2.26. The van der Waals surface area contributed by atoms with Gasteiger partial charge in [-0.15, -0.1) is 0 Å². The molecule has 118 valence electrons. The number of oxazole rings is 1. The molecule has 22 heavy (non-hydrogen) atoms. The molecule has 1 aromatic heterocycles. The molecule has 3 rings (SSSR count). The summed E-state index contributed by atoms with van der Waals surface area (Å²) < 4.78 is 5.69. The predicted octanol–water partition coefficient (Wildman–Crippen LogP) is 2.47. The van der Waals surface area contributed by atoms with Crippen molar-refractivity contribution in [1.82, 2.24) is 9.88 Å². The van der Waals surface area contributed by atoms with Gasteiger partial charge in [0.15, 0.2) is 5.58 Å². The van der Waals surface area contributed by atoms with Gasteiger partial charge in [0.2, 0.25) is 5.89 Å². The predicted molar refractivity (Wildman–Crippen MR) is 80.4 cm³/mol. The standard InChI is InChI=1S/C15H19N3O4/c19-8-2-4-11-3-1-7-17(11)10-15-16-13-9-12(18(20)21)5-6-14(13)22-15/h5-6,9,11,19H,1-4,7-8,10H2. The van der Waals surface area contributed by atoms with Gasteiger partial charge in [0.1, 0.15) is 5.52 Å². The quantitative estimate of drug-likeness (QED) is 0.651. The SMILES string of the molecule is O=[N+]([O-])c1ccc2oc(CN3CCCC3CCCO)nc2c1. The largest absolute Gasteiger partial charge is 0.439 e. The van der Waals surface area contributed by atoms with E-state index in [1.54, 1.807) is 6.07 Å². The van der Waals surface area contributed by atoms with Crippen LogP contribution in [-0.4, -0.2) is 39.1 Å². The highest BCUT2D eigenvalue weighted by atomic mass is 16.6. The average Bonchev–Trinajstić information content (AvgIpc) is 3.10. The molecule has 1 unspecified atom stereocenters. The summed E-state index contributed by atoms with van der Waals surface area (Å²) in [5.74, 6) is 0.589. The maximum Gasteiger partial charge on any atom is 0.271 e. The number of benzene rings is 1. The molecule has 1 aliphatic heterocycles. The Morgan fingerprint density at radius 3 is 3.14 bits per heavy atom. The van der Waals surface area contributed by atoms with Crippen LogP contribution in [0.25, 0.3) is 11.1 Å². The van der Waals surface area contributed by atoms with Crippen molar-refractivity contribution in [3.05, 3.63) is 34.2 Å². The Labute approximate surface area is 127 Å². The molecular weight excluding hydrogens is 286 g/mol. The van der Waals surface area contributed by atoms with Crippen molar-refractivity contribution < 1.29 is 14.4 Å². The van der Waals surface area contributed by atoms with Gasteiger partial charge in [0, 0.05) is 24.8 Å². The van der Waals surface area contributed by atoms with Crippen molar-refractivity contribution in [3.63, 3.8) is 0 Å². The number of nitrogens with zero attached hydrogens (tertiary/aromatic N) is 3. The Morgan fingerprint density at radius 1 is 1.50 bits per heavy atom. The van der Waals surface area contributed by atoms with Crippen LogP contribution in [0.1, 0.15) is 31.6 Å². The van der Waals surface area contributed by atoms with Crippen molar-refractivity contribution in [2.45, 2.75) is 38.3 Å². The highest BCUT2D eigenvalue weighted by Gasteiger charge is 2.25. The van der Waals surface area contributed by atoms with E-state index in [1.807, 2.05) is 0 Å². The molecule has 1 aromatic carbocycles. The minimum Gasteiger partial charge on any atom is -0.439 e. The number of nitro benzene ring substituents is 1. The lowest BCUT2D eigenvalue weighted by molar-refractivity contribution is -0.384. The number of likely N-dealkylation sites (tertiary alicyclic amines) is 1.